The highest BCUT2D eigenvalue weighted by atomic mass is 32.2. The average Bonchev–Trinajstić information content (AvgIpc) is 3.32. The fraction of sp³-hybridized carbons (Fsp3) is 0.391. The predicted octanol–water partition coefficient (Wildman–Crippen LogP) is 2.32. The largest absolute Gasteiger partial charge is 0.491 e. The molecule has 9 nitrogen and oxygen atoms in total. The van der Waals surface area contributed by atoms with E-state index in [1.54, 1.807) is 43.5 Å². The number of nitrogens with one attached hydrogen (secondary N) is 1. The van der Waals surface area contributed by atoms with Crippen molar-refractivity contribution in [3.63, 3.8) is 0 Å². The number of methoxy groups -OCH3 is 1. The Balaban J connectivity index is 1.61. The number of para-hydroxylation sites is 1. The fourth-order valence-corrected chi connectivity index (χ4v) is 5.17. The number of nitrogens with zero attached hydrogens (tertiary/aromatic N) is 2. The molecule has 1 aliphatic rings. The van der Waals surface area contributed by atoms with E-state index in [2.05, 4.69) is 9.97 Å². The molecule has 1 unspecified atom stereocenters. The summed E-state index contributed by atoms with van der Waals surface area (Å²) >= 11 is 0. The van der Waals surface area contributed by atoms with Crippen molar-refractivity contribution >= 4 is 20.9 Å². The number of benzene rings is 2. The highest BCUT2D eigenvalue weighted by Crippen LogP contribution is 2.23. The van der Waals surface area contributed by atoms with Crippen LogP contribution in [0.5, 0.6) is 5.75 Å². The Kier molecular flexibility index (Phi) is 7.39. The predicted molar refractivity (Wildman–Crippen MR) is 123 cm³/mol. The highest BCUT2D eigenvalue weighted by Gasteiger charge is 2.30. The van der Waals surface area contributed by atoms with Crippen LogP contribution in [0.1, 0.15) is 18.7 Å². The van der Waals surface area contributed by atoms with Gasteiger partial charge in [0.05, 0.1) is 35.1 Å². The lowest BCUT2D eigenvalue weighted by Gasteiger charge is -2.24. The lowest BCUT2D eigenvalue weighted by Crippen LogP contribution is -2.37. The molecule has 176 valence electrons. The molecule has 0 amide bonds. The zero-order chi connectivity index (χ0) is 23.3. The van der Waals surface area contributed by atoms with E-state index in [0.29, 0.717) is 36.5 Å². The monoisotopic (exact) mass is 473 g/mol. The number of aromatic amines is 1. The van der Waals surface area contributed by atoms with Crippen molar-refractivity contribution in [1.29, 1.82) is 0 Å². The summed E-state index contributed by atoms with van der Waals surface area (Å²) in [5, 5.41) is 0.457. The second kappa shape index (κ2) is 10.4. The first kappa shape index (κ1) is 23.4. The number of sulfonamides is 1. The Morgan fingerprint density at radius 1 is 1.15 bits per heavy atom. The third-order valence-electron chi connectivity index (χ3n) is 5.44. The molecule has 0 bridgehead atoms. The van der Waals surface area contributed by atoms with Gasteiger partial charge in [-0.05, 0) is 49.2 Å². The van der Waals surface area contributed by atoms with E-state index in [9.17, 15) is 13.2 Å². The summed E-state index contributed by atoms with van der Waals surface area (Å²) < 4.78 is 44.6. The zero-order valence-electron chi connectivity index (χ0n) is 18.4. The van der Waals surface area contributed by atoms with Gasteiger partial charge >= 0.3 is 0 Å². The lowest BCUT2D eigenvalue weighted by molar-refractivity contribution is 0.0921. The van der Waals surface area contributed by atoms with Gasteiger partial charge in [-0.1, -0.05) is 12.1 Å². The summed E-state index contributed by atoms with van der Waals surface area (Å²) in [5.41, 5.74) is 0.214. The molecule has 33 heavy (non-hydrogen) atoms. The van der Waals surface area contributed by atoms with Crippen LogP contribution in [0.15, 0.2) is 58.2 Å². The van der Waals surface area contributed by atoms with Crippen molar-refractivity contribution in [3.05, 3.63) is 64.7 Å². The molecule has 1 aromatic heterocycles. The molecule has 1 atom stereocenters. The smallest absolute Gasteiger partial charge is 0.258 e. The van der Waals surface area contributed by atoms with Crippen molar-refractivity contribution in [2.45, 2.75) is 30.4 Å². The van der Waals surface area contributed by atoms with Crippen LogP contribution >= 0.6 is 0 Å². The van der Waals surface area contributed by atoms with Crippen LogP contribution in [-0.2, 0) is 26.0 Å². The van der Waals surface area contributed by atoms with E-state index in [1.165, 1.54) is 16.4 Å². The van der Waals surface area contributed by atoms with Gasteiger partial charge in [-0.3, -0.25) is 4.79 Å². The maximum Gasteiger partial charge on any atom is 0.258 e. The van der Waals surface area contributed by atoms with Crippen LogP contribution < -0.4 is 10.3 Å². The second-order valence-corrected chi connectivity index (χ2v) is 9.71. The Bertz CT molecular complexity index is 1240. The standard InChI is InChI=1S/C23H27N3O6S/c1-30-13-14-32-17-8-10-19(11-9-17)33(28,29)26(15-18-5-4-12-31-18)16-22-24-21-7-3-2-6-20(21)23(27)25-22/h2-3,6-11,18H,4-5,12-16H2,1H3,(H,24,25,27). The van der Waals surface area contributed by atoms with Gasteiger partial charge in [0, 0.05) is 20.3 Å². The van der Waals surface area contributed by atoms with Crippen LogP contribution in [0.2, 0.25) is 0 Å². The number of hydrogen-bond donors (Lipinski definition) is 1. The SMILES string of the molecule is COCCOc1ccc(S(=O)(=O)N(Cc2nc3ccccc3c(=O)[nH]2)CC2CCCO2)cc1. The van der Waals surface area contributed by atoms with Crippen molar-refractivity contribution in [3.8, 4) is 5.75 Å². The van der Waals surface area contributed by atoms with E-state index in [0.717, 1.165) is 12.8 Å². The van der Waals surface area contributed by atoms with Crippen molar-refractivity contribution in [1.82, 2.24) is 14.3 Å². The number of ether oxygens (including phenoxy) is 3. The molecule has 0 aliphatic carbocycles. The van der Waals surface area contributed by atoms with Crippen LogP contribution in [0.3, 0.4) is 0 Å². The van der Waals surface area contributed by atoms with Crippen LogP contribution in [0.25, 0.3) is 10.9 Å². The maximum atomic E-state index is 13.5. The Labute approximate surface area is 192 Å². The van der Waals surface area contributed by atoms with E-state index in [1.807, 2.05) is 0 Å². The summed E-state index contributed by atoms with van der Waals surface area (Å²) in [5.74, 6) is 0.831. The molecule has 0 spiro atoms. The molecule has 3 aromatic rings. The van der Waals surface area contributed by atoms with Gasteiger partial charge in [0.2, 0.25) is 10.0 Å². The quantitative estimate of drug-likeness (QED) is 0.450. The summed E-state index contributed by atoms with van der Waals surface area (Å²) in [6.07, 6.45) is 1.46. The van der Waals surface area contributed by atoms with Crippen LogP contribution in [0, 0.1) is 0 Å². The third kappa shape index (κ3) is 5.59. The number of fused-ring (bicyclic) bond motifs is 1. The normalized spacial score (nSPS) is 16.5. The van der Waals surface area contributed by atoms with Gasteiger partial charge in [0.25, 0.3) is 5.56 Å². The molecular formula is C23H27N3O6S. The summed E-state index contributed by atoms with van der Waals surface area (Å²) in [4.78, 5) is 19.8. The van der Waals surface area contributed by atoms with E-state index in [4.69, 9.17) is 14.2 Å². The van der Waals surface area contributed by atoms with Gasteiger partial charge in [-0.25, -0.2) is 13.4 Å². The van der Waals surface area contributed by atoms with Gasteiger partial charge in [0.15, 0.2) is 0 Å². The highest BCUT2D eigenvalue weighted by molar-refractivity contribution is 7.89. The molecule has 10 heteroatoms. The summed E-state index contributed by atoms with van der Waals surface area (Å²) in [6, 6.07) is 13.2. The molecular weight excluding hydrogens is 446 g/mol. The third-order valence-corrected chi connectivity index (χ3v) is 7.26. The molecule has 2 aromatic carbocycles. The summed E-state index contributed by atoms with van der Waals surface area (Å²) in [6.45, 7) is 1.51. The lowest BCUT2D eigenvalue weighted by atomic mass is 10.2. The molecule has 1 saturated heterocycles. The molecule has 0 saturated carbocycles. The molecule has 1 aliphatic heterocycles. The van der Waals surface area contributed by atoms with E-state index in [-0.39, 0.29) is 35.5 Å². The van der Waals surface area contributed by atoms with E-state index >= 15 is 0 Å². The molecule has 2 heterocycles. The molecule has 1 fully saturated rings. The van der Waals surface area contributed by atoms with Crippen molar-refractivity contribution in [2.75, 3.05) is 33.5 Å². The van der Waals surface area contributed by atoms with Gasteiger partial charge < -0.3 is 19.2 Å². The first-order chi connectivity index (χ1) is 16.0. The second-order valence-electron chi connectivity index (χ2n) is 7.78. The average molecular weight is 474 g/mol. The number of aromatic nitrogens is 2. The molecule has 0 radical (unpaired) electrons. The first-order valence-corrected chi connectivity index (χ1v) is 12.2. The topological polar surface area (TPSA) is 111 Å². The molecule has 4 rings (SSSR count). The number of rotatable bonds is 10. The maximum absolute atomic E-state index is 13.5. The van der Waals surface area contributed by atoms with Crippen LogP contribution in [-0.4, -0.2) is 62.3 Å². The first-order valence-electron chi connectivity index (χ1n) is 10.8. The van der Waals surface area contributed by atoms with Crippen molar-refractivity contribution in [2.24, 2.45) is 0 Å². The van der Waals surface area contributed by atoms with Gasteiger partial charge in [-0.2, -0.15) is 4.31 Å². The zero-order valence-corrected chi connectivity index (χ0v) is 19.2. The minimum Gasteiger partial charge on any atom is -0.491 e. The minimum atomic E-state index is -3.88. The van der Waals surface area contributed by atoms with Gasteiger partial charge in [-0.15, -0.1) is 0 Å². The Hall–Kier alpha value is -2.79. The minimum absolute atomic E-state index is 0.0750. The number of hydrogen-bond acceptors (Lipinski definition) is 7. The Morgan fingerprint density at radius 3 is 2.67 bits per heavy atom. The summed E-state index contributed by atoms with van der Waals surface area (Å²) in [7, 11) is -2.30. The molecule has 1 N–H and O–H groups in total. The van der Waals surface area contributed by atoms with E-state index < -0.39 is 10.0 Å². The number of H-pyrrole nitrogens is 1. The van der Waals surface area contributed by atoms with Crippen LogP contribution in [0.4, 0.5) is 0 Å². The van der Waals surface area contributed by atoms with Gasteiger partial charge in [0.1, 0.15) is 18.2 Å². The van der Waals surface area contributed by atoms with Crippen molar-refractivity contribution < 1.29 is 22.6 Å². The fourth-order valence-electron chi connectivity index (χ4n) is 3.74. The Morgan fingerprint density at radius 2 is 1.94 bits per heavy atom.